The number of rotatable bonds is 3. The van der Waals surface area contributed by atoms with Gasteiger partial charge in [0, 0.05) is 12.6 Å². The predicted molar refractivity (Wildman–Crippen MR) is 48.1 cm³/mol. The second-order valence-corrected chi connectivity index (χ2v) is 3.64. The highest BCUT2D eigenvalue weighted by atomic mass is 16.7. The van der Waals surface area contributed by atoms with E-state index in [0.29, 0.717) is 18.9 Å². The van der Waals surface area contributed by atoms with Crippen molar-refractivity contribution in [3.8, 4) is 0 Å². The Balaban J connectivity index is 2.20. The minimum absolute atomic E-state index is 0.367. The van der Waals surface area contributed by atoms with Gasteiger partial charge in [0.15, 0.2) is 0 Å². The molecule has 1 fully saturated rings. The molecule has 0 saturated carbocycles. The van der Waals surface area contributed by atoms with Crippen molar-refractivity contribution in [1.29, 1.82) is 0 Å². The molecule has 1 saturated heterocycles. The molecule has 0 amide bonds. The van der Waals surface area contributed by atoms with Crippen LogP contribution < -0.4 is 0 Å². The van der Waals surface area contributed by atoms with E-state index in [4.69, 9.17) is 9.47 Å². The third-order valence-electron chi connectivity index (χ3n) is 2.34. The van der Waals surface area contributed by atoms with Gasteiger partial charge in [0.05, 0.1) is 12.7 Å². The van der Waals surface area contributed by atoms with Gasteiger partial charge in [0.25, 0.3) is 0 Å². The lowest BCUT2D eigenvalue weighted by atomic mass is 10.2. The first-order valence-electron chi connectivity index (χ1n) is 4.59. The van der Waals surface area contributed by atoms with E-state index in [-0.39, 0.29) is 0 Å². The monoisotopic (exact) mass is 173 g/mol. The molecule has 1 heterocycles. The molecule has 1 aliphatic heterocycles. The molecule has 1 atom stereocenters. The van der Waals surface area contributed by atoms with Gasteiger partial charge in [-0.15, -0.1) is 0 Å². The Hall–Kier alpha value is -0.120. The van der Waals surface area contributed by atoms with Gasteiger partial charge in [-0.25, -0.2) is 0 Å². The summed E-state index contributed by atoms with van der Waals surface area (Å²) in [5.74, 6) is 0. The Bertz CT molecular complexity index is 122. The highest BCUT2D eigenvalue weighted by Gasteiger charge is 2.16. The fourth-order valence-corrected chi connectivity index (χ4v) is 1.18. The first-order valence-corrected chi connectivity index (χ1v) is 4.59. The topological polar surface area (TPSA) is 21.7 Å². The van der Waals surface area contributed by atoms with Crippen LogP contribution in [0.25, 0.3) is 0 Å². The third kappa shape index (κ3) is 3.09. The van der Waals surface area contributed by atoms with Crippen molar-refractivity contribution in [2.75, 3.05) is 27.0 Å². The summed E-state index contributed by atoms with van der Waals surface area (Å²) in [6.45, 7) is 6.72. The molecule has 12 heavy (non-hydrogen) atoms. The van der Waals surface area contributed by atoms with Crippen LogP contribution in [-0.2, 0) is 9.47 Å². The highest BCUT2D eigenvalue weighted by Crippen LogP contribution is 2.08. The number of hydrogen-bond donors (Lipinski definition) is 0. The molecule has 72 valence electrons. The second kappa shape index (κ2) is 4.80. The maximum Gasteiger partial charge on any atom is 0.147 e. The molecule has 0 radical (unpaired) electrons. The van der Waals surface area contributed by atoms with Gasteiger partial charge in [-0.1, -0.05) is 0 Å². The lowest BCUT2D eigenvalue weighted by Crippen LogP contribution is -2.38. The molecule has 0 aromatic heterocycles. The Morgan fingerprint density at radius 3 is 2.75 bits per heavy atom. The average Bonchev–Trinajstić information content (AvgIpc) is 2.06. The second-order valence-electron chi connectivity index (χ2n) is 3.64. The highest BCUT2D eigenvalue weighted by molar-refractivity contribution is 4.67. The van der Waals surface area contributed by atoms with Crippen LogP contribution in [0.5, 0.6) is 0 Å². The Labute approximate surface area is 74.6 Å². The molecular formula is C9H19NO2. The van der Waals surface area contributed by atoms with Crippen molar-refractivity contribution in [1.82, 2.24) is 4.90 Å². The maximum absolute atomic E-state index is 5.43. The van der Waals surface area contributed by atoms with Gasteiger partial charge in [-0.2, -0.15) is 0 Å². The third-order valence-corrected chi connectivity index (χ3v) is 2.34. The Morgan fingerprint density at radius 1 is 1.50 bits per heavy atom. The summed E-state index contributed by atoms with van der Waals surface area (Å²) in [7, 11) is 2.13. The minimum Gasteiger partial charge on any atom is -0.355 e. The SMILES string of the molecule is CC(C)N(C)CC1CCOCO1. The van der Waals surface area contributed by atoms with Crippen molar-refractivity contribution in [3.05, 3.63) is 0 Å². The lowest BCUT2D eigenvalue weighted by Gasteiger charge is -2.29. The van der Waals surface area contributed by atoms with Crippen LogP contribution in [-0.4, -0.2) is 44.0 Å². The Kier molecular flexibility index (Phi) is 3.98. The quantitative estimate of drug-likeness (QED) is 0.637. The summed E-state index contributed by atoms with van der Waals surface area (Å²) >= 11 is 0. The van der Waals surface area contributed by atoms with E-state index >= 15 is 0 Å². The van der Waals surface area contributed by atoms with Crippen LogP contribution in [0, 0.1) is 0 Å². The number of likely N-dealkylation sites (N-methyl/N-ethyl adjacent to an activating group) is 1. The summed E-state index contributed by atoms with van der Waals surface area (Å²) < 4.78 is 10.5. The van der Waals surface area contributed by atoms with Crippen molar-refractivity contribution in [3.63, 3.8) is 0 Å². The summed E-state index contributed by atoms with van der Waals surface area (Å²) in [6, 6.07) is 0.594. The van der Waals surface area contributed by atoms with E-state index in [1.54, 1.807) is 0 Å². The number of ether oxygens (including phenoxy) is 2. The summed E-state index contributed by atoms with van der Waals surface area (Å²) in [4.78, 5) is 2.30. The molecule has 1 aliphatic rings. The normalized spacial score (nSPS) is 25.2. The molecule has 0 N–H and O–H groups in total. The van der Waals surface area contributed by atoms with Crippen molar-refractivity contribution < 1.29 is 9.47 Å². The number of hydrogen-bond acceptors (Lipinski definition) is 3. The van der Waals surface area contributed by atoms with E-state index in [0.717, 1.165) is 19.6 Å². The molecular weight excluding hydrogens is 154 g/mol. The van der Waals surface area contributed by atoms with Crippen molar-refractivity contribution in [2.45, 2.75) is 32.4 Å². The van der Waals surface area contributed by atoms with Gasteiger partial charge in [0.2, 0.25) is 0 Å². The molecule has 3 heteroatoms. The largest absolute Gasteiger partial charge is 0.355 e. The summed E-state index contributed by atoms with van der Waals surface area (Å²) in [5.41, 5.74) is 0. The minimum atomic E-state index is 0.367. The smallest absolute Gasteiger partial charge is 0.147 e. The van der Waals surface area contributed by atoms with Crippen LogP contribution in [0.15, 0.2) is 0 Å². The van der Waals surface area contributed by atoms with Gasteiger partial charge in [0.1, 0.15) is 6.79 Å². The van der Waals surface area contributed by atoms with Gasteiger partial charge < -0.3 is 14.4 Å². The zero-order valence-electron chi connectivity index (χ0n) is 8.25. The van der Waals surface area contributed by atoms with Gasteiger partial charge >= 0.3 is 0 Å². The van der Waals surface area contributed by atoms with E-state index in [1.807, 2.05) is 0 Å². The van der Waals surface area contributed by atoms with Gasteiger partial charge in [-0.3, -0.25) is 0 Å². The molecule has 0 spiro atoms. The lowest BCUT2D eigenvalue weighted by molar-refractivity contribution is -0.144. The summed E-state index contributed by atoms with van der Waals surface area (Å²) in [5, 5.41) is 0. The first-order chi connectivity index (χ1) is 5.70. The van der Waals surface area contributed by atoms with Crippen LogP contribution in [0.3, 0.4) is 0 Å². The fraction of sp³-hybridized carbons (Fsp3) is 1.00. The molecule has 3 nitrogen and oxygen atoms in total. The molecule has 1 unspecified atom stereocenters. The van der Waals surface area contributed by atoms with Crippen LogP contribution in [0.2, 0.25) is 0 Å². The van der Waals surface area contributed by atoms with E-state index in [1.165, 1.54) is 0 Å². The van der Waals surface area contributed by atoms with Crippen molar-refractivity contribution >= 4 is 0 Å². The number of nitrogens with zero attached hydrogens (tertiary/aromatic N) is 1. The standard InChI is InChI=1S/C9H19NO2/c1-8(2)10(3)6-9-4-5-11-7-12-9/h8-9H,4-7H2,1-3H3. The molecule has 0 bridgehead atoms. The van der Waals surface area contributed by atoms with Crippen LogP contribution in [0.4, 0.5) is 0 Å². The summed E-state index contributed by atoms with van der Waals surface area (Å²) in [6.07, 6.45) is 1.39. The molecule has 1 rings (SSSR count). The Morgan fingerprint density at radius 2 is 2.25 bits per heavy atom. The van der Waals surface area contributed by atoms with Crippen LogP contribution >= 0.6 is 0 Å². The van der Waals surface area contributed by atoms with Gasteiger partial charge in [-0.05, 0) is 27.3 Å². The zero-order valence-corrected chi connectivity index (χ0v) is 8.25. The molecule has 0 aromatic carbocycles. The van der Waals surface area contributed by atoms with E-state index in [9.17, 15) is 0 Å². The fourth-order valence-electron chi connectivity index (χ4n) is 1.18. The molecule has 0 aliphatic carbocycles. The first kappa shape index (κ1) is 9.96. The van der Waals surface area contributed by atoms with Crippen LogP contribution in [0.1, 0.15) is 20.3 Å². The molecule has 0 aromatic rings. The predicted octanol–water partition coefficient (Wildman–Crippen LogP) is 1.09. The average molecular weight is 173 g/mol. The zero-order chi connectivity index (χ0) is 8.97. The maximum atomic E-state index is 5.43. The van der Waals surface area contributed by atoms with Crippen molar-refractivity contribution in [2.24, 2.45) is 0 Å². The van der Waals surface area contributed by atoms with E-state index < -0.39 is 0 Å². The van der Waals surface area contributed by atoms with E-state index in [2.05, 4.69) is 25.8 Å².